The number of nitriles is 1. The van der Waals surface area contributed by atoms with Crippen molar-refractivity contribution in [3.63, 3.8) is 0 Å². The summed E-state index contributed by atoms with van der Waals surface area (Å²) < 4.78 is 5.18. The second kappa shape index (κ2) is 6.54. The minimum Gasteiger partial charge on any atom is -0.408 e. The predicted octanol–water partition coefficient (Wildman–Crippen LogP) is 2.77. The summed E-state index contributed by atoms with van der Waals surface area (Å²) in [4.78, 5) is 12.9. The van der Waals surface area contributed by atoms with Gasteiger partial charge in [-0.15, -0.1) is 5.10 Å². The molecule has 1 heterocycles. The molecule has 0 aliphatic rings. The summed E-state index contributed by atoms with van der Waals surface area (Å²) in [7, 11) is 0. The molecule has 3 aromatic rings. The molecular formula is C17H12N4O2. The van der Waals surface area contributed by atoms with Crippen LogP contribution in [0.5, 0.6) is 0 Å². The Hall–Kier alpha value is -3.46. The lowest BCUT2D eigenvalue weighted by molar-refractivity contribution is -0.107. The van der Waals surface area contributed by atoms with Crippen LogP contribution in [-0.2, 0) is 11.3 Å². The molecule has 0 bridgehead atoms. The number of amides is 1. The number of carbonyl (C=O) groups excluding carboxylic acids is 1. The number of hydrogen-bond donors (Lipinski definition) is 0. The summed E-state index contributed by atoms with van der Waals surface area (Å²) in [5, 5.41) is 16.1. The van der Waals surface area contributed by atoms with Crippen molar-refractivity contribution in [3.8, 4) is 17.5 Å². The molecule has 0 aliphatic carbocycles. The number of carbonyl (C=O) groups is 1. The van der Waals surface area contributed by atoms with Gasteiger partial charge in [0.25, 0.3) is 0 Å². The number of aromatic nitrogens is 2. The average molecular weight is 304 g/mol. The van der Waals surface area contributed by atoms with E-state index in [-0.39, 0.29) is 5.89 Å². The molecule has 6 heteroatoms. The number of hydrogen-bond acceptors (Lipinski definition) is 5. The van der Waals surface area contributed by atoms with E-state index in [0.717, 1.165) is 23.2 Å². The Morgan fingerprint density at radius 1 is 1.09 bits per heavy atom. The standard InChI is InChI=1S/C17H12N4O2/c18-10-16-19-20-17(23-16)14-8-6-13(7-9-14)11-21(12-22)15-4-2-1-3-5-15/h1-9,12H,11H2. The van der Waals surface area contributed by atoms with Gasteiger partial charge in [-0.25, -0.2) is 0 Å². The second-order valence-electron chi connectivity index (χ2n) is 4.79. The molecule has 0 saturated heterocycles. The summed E-state index contributed by atoms with van der Waals surface area (Å²) in [5.41, 5.74) is 2.52. The maximum Gasteiger partial charge on any atom is 0.321 e. The Labute approximate surface area is 132 Å². The molecule has 0 unspecified atom stereocenters. The highest BCUT2D eigenvalue weighted by molar-refractivity contribution is 5.74. The molecule has 0 radical (unpaired) electrons. The van der Waals surface area contributed by atoms with Gasteiger partial charge in [-0.2, -0.15) is 5.26 Å². The highest BCUT2D eigenvalue weighted by atomic mass is 16.4. The van der Waals surface area contributed by atoms with E-state index in [9.17, 15) is 4.79 Å². The molecule has 23 heavy (non-hydrogen) atoms. The van der Waals surface area contributed by atoms with Gasteiger partial charge in [0.05, 0.1) is 6.54 Å². The van der Waals surface area contributed by atoms with Crippen LogP contribution >= 0.6 is 0 Å². The van der Waals surface area contributed by atoms with Gasteiger partial charge < -0.3 is 9.32 Å². The summed E-state index contributed by atoms with van der Waals surface area (Å²) in [5.74, 6) is 0.226. The van der Waals surface area contributed by atoms with E-state index in [2.05, 4.69) is 10.2 Å². The third-order valence-corrected chi connectivity index (χ3v) is 3.29. The topological polar surface area (TPSA) is 83.0 Å². The zero-order valence-corrected chi connectivity index (χ0v) is 12.1. The molecule has 0 N–H and O–H groups in total. The lowest BCUT2D eigenvalue weighted by Crippen LogP contribution is -2.20. The molecule has 1 amide bonds. The van der Waals surface area contributed by atoms with Crippen molar-refractivity contribution in [2.24, 2.45) is 0 Å². The Balaban J connectivity index is 1.77. The molecule has 2 aromatic carbocycles. The lowest BCUT2D eigenvalue weighted by atomic mass is 10.1. The summed E-state index contributed by atoms with van der Waals surface area (Å²) >= 11 is 0. The van der Waals surface area contributed by atoms with E-state index < -0.39 is 0 Å². The van der Waals surface area contributed by atoms with Gasteiger partial charge in [-0.3, -0.25) is 4.79 Å². The highest BCUT2D eigenvalue weighted by Gasteiger charge is 2.09. The molecule has 112 valence electrons. The second-order valence-corrected chi connectivity index (χ2v) is 4.79. The van der Waals surface area contributed by atoms with Crippen molar-refractivity contribution in [1.29, 1.82) is 5.26 Å². The van der Waals surface area contributed by atoms with Crippen LogP contribution in [0, 0.1) is 11.3 Å². The van der Waals surface area contributed by atoms with Crippen LogP contribution in [0.15, 0.2) is 59.0 Å². The number of rotatable bonds is 5. The van der Waals surface area contributed by atoms with Crippen molar-refractivity contribution in [3.05, 3.63) is 66.1 Å². The first-order chi connectivity index (χ1) is 11.3. The van der Waals surface area contributed by atoms with Crippen LogP contribution in [0.3, 0.4) is 0 Å². The number of benzene rings is 2. The van der Waals surface area contributed by atoms with Crippen molar-refractivity contribution >= 4 is 12.1 Å². The van der Waals surface area contributed by atoms with Gasteiger partial charge in [0.1, 0.15) is 0 Å². The molecule has 0 spiro atoms. The van der Waals surface area contributed by atoms with Crippen LogP contribution in [0.4, 0.5) is 5.69 Å². The summed E-state index contributed by atoms with van der Waals surface area (Å²) in [6, 6.07) is 18.6. The predicted molar refractivity (Wildman–Crippen MR) is 83.1 cm³/mol. The fourth-order valence-corrected chi connectivity index (χ4v) is 2.14. The summed E-state index contributed by atoms with van der Waals surface area (Å²) in [6.45, 7) is 0.459. The zero-order valence-electron chi connectivity index (χ0n) is 12.1. The first-order valence-electron chi connectivity index (χ1n) is 6.90. The molecule has 0 saturated carbocycles. The molecule has 3 rings (SSSR count). The molecule has 1 aromatic heterocycles. The van der Waals surface area contributed by atoms with Gasteiger partial charge >= 0.3 is 5.89 Å². The van der Waals surface area contributed by atoms with Gasteiger partial charge in [0.2, 0.25) is 12.3 Å². The normalized spacial score (nSPS) is 10.0. The minimum absolute atomic E-state index is 0.0692. The molecule has 0 atom stereocenters. The number of para-hydroxylation sites is 1. The monoisotopic (exact) mass is 304 g/mol. The van der Waals surface area contributed by atoms with Gasteiger partial charge in [0, 0.05) is 11.3 Å². The largest absolute Gasteiger partial charge is 0.408 e. The fourth-order valence-electron chi connectivity index (χ4n) is 2.14. The van der Waals surface area contributed by atoms with Crippen LogP contribution in [0.25, 0.3) is 11.5 Å². The van der Waals surface area contributed by atoms with Gasteiger partial charge in [0.15, 0.2) is 6.07 Å². The van der Waals surface area contributed by atoms with E-state index in [4.69, 9.17) is 9.68 Å². The first kappa shape index (κ1) is 14.5. The van der Waals surface area contributed by atoms with E-state index >= 15 is 0 Å². The minimum atomic E-state index is -0.0692. The van der Waals surface area contributed by atoms with E-state index in [1.165, 1.54) is 0 Å². The third-order valence-electron chi connectivity index (χ3n) is 3.29. The van der Waals surface area contributed by atoms with E-state index in [1.807, 2.05) is 54.6 Å². The van der Waals surface area contributed by atoms with Crippen LogP contribution in [0.2, 0.25) is 0 Å². The quantitative estimate of drug-likeness (QED) is 0.677. The van der Waals surface area contributed by atoms with Crippen LogP contribution < -0.4 is 4.90 Å². The molecule has 0 aliphatic heterocycles. The first-order valence-corrected chi connectivity index (χ1v) is 6.90. The van der Waals surface area contributed by atoms with Crippen molar-refractivity contribution in [2.75, 3.05) is 4.90 Å². The molecule has 0 fully saturated rings. The Kier molecular flexibility index (Phi) is 4.11. The average Bonchev–Trinajstić information content (AvgIpc) is 3.10. The Bertz CT molecular complexity index is 835. The van der Waals surface area contributed by atoms with Crippen molar-refractivity contribution < 1.29 is 9.21 Å². The third kappa shape index (κ3) is 3.24. The van der Waals surface area contributed by atoms with Crippen molar-refractivity contribution in [1.82, 2.24) is 10.2 Å². The maximum absolute atomic E-state index is 11.3. The smallest absolute Gasteiger partial charge is 0.321 e. The van der Waals surface area contributed by atoms with Gasteiger partial charge in [-0.1, -0.05) is 35.4 Å². The number of nitrogens with zero attached hydrogens (tertiary/aromatic N) is 4. The fraction of sp³-hybridized carbons (Fsp3) is 0.0588. The Morgan fingerprint density at radius 2 is 1.83 bits per heavy atom. The van der Waals surface area contributed by atoms with Crippen LogP contribution in [-0.4, -0.2) is 16.6 Å². The maximum atomic E-state index is 11.3. The zero-order chi connectivity index (χ0) is 16.1. The van der Waals surface area contributed by atoms with E-state index in [0.29, 0.717) is 12.4 Å². The molecule has 6 nitrogen and oxygen atoms in total. The van der Waals surface area contributed by atoms with E-state index in [1.54, 1.807) is 11.0 Å². The highest BCUT2D eigenvalue weighted by Crippen LogP contribution is 2.20. The number of anilines is 1. The van der Waals surface area contributed by atoms with Gasteiger partial charge in [-0.05, 0) is 29.8 Å². The summed E-state index contributed by atoms with van der Waals surface area (Å²) in [6.07, 6.45) is 0.806. The van der Waals surface area contributed by atoms with Crippen molar-refractivity contribution in [2.45, 2.75) is 6.54 Å². The lowest BCUT2D eigenvalue weighted by Gasteiger charge is -2.17. The molecular weight excluding hydrogens is 292 g/mol. The Morgan fingerprint density at radius 3 is 2.43 bits per heavy atom. The SMILES string of the molecule is N#Cc1nnc(-c2ccc(CN(C=O)c3ccccc3)cc2)o1. The van der Waals surface area contributed by atoms with Crippen LogP contribution in [0.1, 0.15) is 11.5 Å².